The molecule has 0 saturated heterocycles. The lowest BCUT2D eigenvalue weighted by atomic mass is 9.71. The third-order valence-electron chi connectivity index (χ3n) is 4.56. The summed E-state index contributed by atoms with van der Waals surface area (Å²) < 4.78 is 1.92. The number of rotatable bonds is 3. The Morgan fingerprint density at radius 1 is 1.19 bits per heavy atom. The van der Waals surface area contributed by atoms with Crippen LogP contribution in [0.1, 0.15) is 41.0 Å². The van der Waals surface area contributed by atoms with Gasteiger partial charge in [-0.1, -0.05) is 23.7 Å². The highest BCUT2D eigenvalue weighted by molar-refractivity contribution is 6.30. The number of hydrogen-bond acceptors (Lipinski definition) is 1. The van der Waals surface area contributed by atoms with E-state index in [1.807, 2.05) is 54.9 Å². The Hall–Kier alpha value is -1.74. The van der Waals surface area contributed by atoms with E-state index >= 15 is 0 Å². The predicted molar refractivity (Wildman–Crippen MR) is 84.6 cm³/mol. The van der Waals surface area contributed by atoms with Crippen LogP contribution in [0.5, 0.6) is 0 Å². The van der Waals surface area contributed by atoms with E-state index in [0.717, 1.165) is 35.5 Å². The standard InChI is InChI=1S/C17H19ClN2O/c1-12-4-9-15(20(12)2)16(21)19-17(10-3-11-17)13-5-7-14(18)8-6-13/h4-9H,3,10-11H2,1-2H3,(H,19,21). The first-order valence-electron chi connectivity index (χ1n) is 7.23. The van der Waals surface area contributed by atoms with Gasteiger partial charge in [-0.05, 0) is 56.0 Å². The first-order valence-corrected chi connectivity index (χ1v) is 7.60. The average molecular weight is 303 g/mol. The molecule has 0 spiro atoms. The van der Waals surface area contributed by atoms with Crippen molar-refractivity contribution in [2.24, 2.45) is 7.05 Å². The van der Waals surface area contributed by atoms with E-state index in [1.165, 1.54) is 0 Å². The van der Waals surface area contributed by atoms with Crippen molar-refractivity contribution < 1.29 is 4.79 Å². The van der Waals surface area contributed by atoms with Gasteiger partial charge in [0.15, 0.2) is 0 Å². The second-order valence-corrected chi connectivity index (χ2v) is 6.25. The van der Waals surface area contributed by atoms with Crippen LogP contribution >= 0.6 is 11.6 Å². The normalized spacial score (nSPS) is 16.3. The molecule has 1 fully saturated rings. The molecule has 2 aromatic rings. The summed E-state index contributed by atoms with van der Waals surface area (Å²) in [7, 11) is 1.92. The molecule has 1 aromatic heterocycles. The molecule has 0 aliphatic heterocycles. The highest BCUT2D eigenvalue weighted by Crippen LogP contribution is 2.41. The lowest BCUT2D eigenvalue weighted by molar-refractivity contribution is 0.0814. The Labute approximate surface area is 129 Å². The molecule has 0 unspecified atom stereocenters. The van der Waals surface area contributed by atoms with E-state index < -0.39 is 0 Å². The van der Waals surface area contributed by atoms with Crippen LogP contribution in [0, 0.1) is 6.92 Å². The first kappa shape index (κ1) is 14.2. The Balaban J connectivity index is 1.86. The highest BCUT2D eigenvalue weighted by atomic mass is 35.5. The van der Waals surface area contributed by atoms with Gasteiger partial charge in [-0.25, -0.2) is 0 Å². The van der Waals surface area contributed by atoms with Gasteiger partial charge < -0.3 is 9.88 Å². The van der Waals surface area contributed by atoms with E-state index in [-0.39, 0.29) is 11.4 Å². The number of aryl methyl sites for hydroxylation is 1. The molecule has 0 radical (unpaired) electrons. The molecule has 3 rings (SSSR count). The monoisotopic (exact) mass is 302 g/mol. The van der Waals surface area contributed by atoms with Crippen LogP contribution in [0.4, 0.5) is 0 Å². The van der Waals surface area contributed by atoms with Gasteiger partial charge in [0.1, 0.15) is 5.69 Å². The van der Waals surface area contributed by atoms with Crippen molar-refractivity contribution >= 4 is 17.5 Å². The summed E-state index contributed by atoms with van der Waals surface area (Å²) in [5.74, 6) is -0.0137. The smallest absolute Gasteiger partial charge is 0.268 e. The number of aromatic nitrogens is 1. The number of nitrogens with one attached hydrogen (secondary N) is 1. The van der Waals surface area contributed by atoms with Crippen molar-refractivity contribution in [3.63, 3.8) is 0 Å². The Morgan fingerprint density at radius 2 is 1.86 bits per heavy atom. The average Bonchev–Trinajstić information content (AvgIpc) is 2.75. The number of amides is 1. The zero-order chi connectivity index (χ0) is 15.0. The van der Waals surface area contributed by atoms with E-state index in [4.69, 9.17) is 11.6 Å². The fourth-order valence-corrected chi connectivity index (χ4v) is 3.03. The SMILES string of the molecule is Cc1ccc(C(=O)NC2(c3ccc(Cl)cc3)CCC2)n1C. The van der Waals surface area contributed by atoms with Gasteiger partial charge in [0, 0.05) is 17.8 Å². The van der Waals surface area contributed by atoms with E-state index in [9.17, 15) is 4.79 Å². The summed E-state index contributed by atoms with van der Waals surface area (Å²) in [5.41, 5.74) is 2.68. The second kappa shape index (κ2) is 5.23. The minimum Gasteiger partial charge on any atom is -0.344 e. The topological polar surface area (TPSA) is 34.0 Å². The fraction of sp³-hybridized carbons (Fsp3) is 0.353. The van der Waals surface area contributed by atoms with Crippen molar-refractivity contribution in [3.8, 4) is 0 Å². The van der Waals surface area contributed by atoms with Gasteiger partial charge in [0.05, 0.1) is 5.54 Å². The van der Waals surface area contributed by atoms with Crippen molar-refractivity contribution in [3.05, 3.63) is 58.4 Å². The third kappa shape index (κ3) is 2.46. The van der Waals surface area contributed by atoms with Gasteiger partial charge in [-0.3, -0.25) is 4.79 Å². The van der Waals surface area contributed by atoms with Crippen LogP contribution in [-0.4, -0.2) is 10.5 Å². The molecule has 21 heavy (non-hydrogen) atoms. The molecule has 1 saturated carbocycles. The van der Waals surface area contributed by atoms with Gasteiger partial charge in [0.25, 0.3) is 5.91 Å². The van der Waals surface area contributed by atoms with Gasteiger partial charge >= 0.3 is 0 Å². The van der Waals surface area contributed by atoms with E-state index in [1.54, 1.807) is 0 Å². The van der Waals surface area contributed by atoms with Gasteiger partial charge in [-0.2, -0.15) is 0 Å². The molecule has 1 heterocycles. The Morgan fingerprint density at radius 3 is 2.33 bits per heavy atom. The maximum absolute atomic E-state index is 12.6. The quantitative estimate of drug-likeness (QED) is 0.919. The molecule has 1 aliphatic rings. The summed E-state index contributed by atoms with van der Waals surface area (Å²) >= 11 is 5.96. The summed E-state index contributed by atoms with van der Waals surface area (Å²) in [6.45, 7) is 2.00. The van der Waals surface area contributed by atoms with Crippen LogP contribution in [-0.2, 0) is 12.6 Å². The maximum atomic E-state index is 12.6. The molecule has 4 heteroatoms. The third-order valence-corrected chi connectivity index (χ3v) is 4.81. The zero-order valence-electron chi connectivity index (χ0n) is 12.3. The zero-order valence-corrected chi connectivity index (χ0v) is 13.1. The maximum Gasteiger partial charge on any atom is 0.268 e. The van der Waals surface area contributed by atoms with Crippen molar-refractivity contribution in [1.82, 2.24) is 9.88 Å². The summed E-state index contributed by atoms with van der Waals surface area (Å²) in [4.78, 5) is 12.6. The molecule has 1 aliphatic carbocycles. The van der Waals surface area contributed by atoms with Gasteiger partial charge in [-0.15, -0.1) is 0 Å². The number of hydrogen-bond donors (Lipinski definition) is 1. The lowest BCUT2D eigenvalue weighted by Gasteiger charge is -2.43. The molecule has 1 N–H and O–H groups in total. The summed E-state index contributed by atoms with van der Waals surface area (Å²) in [5, 5.41) is 3.95. The predicted octanol–water partition coefficient (Wildman–Crippen LogP) is 3.80. The molecule has 3 nitrogen and oxygen atoms in total. The number of carbonyl (C=O) groups excluding carboxylic acids is 1. The minimum absolute atomic E-state index is 0.0137. The minimum atomic E-state index is -0.236. The second-order valence-electron chi connectivity index (χ2n) is 5.82. The van der Waals surface area contributed by atoms with E-state index in [0.29, 0.717) is 5.69 Å². The number of benzene rings is 1. The molecular formula is C17H19ClN2O. The fourth-order valence-electron chi connectivity index (χ4n) is 2.91. The van der Waals surface area contributed by atoms with Crippen LogP contribution in [0.3, 0.4) is 0 Å². The van der Waals surface area contributed by atoms with Crippen LogP contribution in [0.15, 0.2) is 36.4 Å². The number of halogens is 1. The molecule has 1 amide bonds. The lowest BCUT2D eigenvalue weighted by Crippen LogP contribution is -2.51. The molecule has 110 valence electrons. The summed E-state index contributed by atoms with van der Waals surface area (Å²) in [6, 6.07) is 11.6. The van der Waals surface area contributed by atoms with Gasteiger partial charge in [0.2, 0.25) is 0 Å². The number of carbonyl (C=O) groups is 1. The van der Waals surface area contributed by atoms with E-state index in [2.05, 4.69) is 5.32 Å². The highest BCUT2D eigenvalue weighted by Gasteiger charge is 2.40. The Kier molecular flexibility index (Phi) is 3.54. The Bertz CT molecular complexity index is 669. The van der Waals surface area contributed by atoms with Crippen molar-refractivity contribution in [2.75, 3.05) is 0 Å². The molecule has 1 aromatic carbocycles. The largest absolute Gasteiger partial charge is 0.344 e. The van der Waals surface area contributed by atoms with Crippen LogP contribution in [0.25, 0.3) is 0 Å². The number of nitrogens with zero attached hydrogens (tertiary/aromatic N) is 1. The molecule has 0 bridgehead atoms. The first-order chi connectivity index (χ1) is 10.0. The summed E-state index contributed by atoms with van der Waals surface area (Å²) in [6.07, 6.45) is 3.09. The van der Waals surface area contributed by atoms with Crippen molar-refractivity contribution in [1.29, 1.82) is 0 Å². The van der Waals surface area contributed by atoms with Crippen molar-refractivity contribution in [2.45, 2.75) is 31.7 Å². The molecular weight excluding hydrogens is 284 g/mol. The molecule has 0 atom stereocenters. The van der Waals surface area contributed by atoms with Crippen LogP contribution in [0.2, 0.25) is 5.02 Å². The van der Waals surface area contributed by atoms with Crippen LogP contribution < -0.4 is 5.32 Å².